The van der Waals surface area contributed by atoms with Crippen molar-refractivity contribution in [2.24, 2.45) is 0 Å². The Kier molecular flexibility index (Phi) is 32.4. The molecule has 1 atom stereocenters. The summed E-state index contributed by atoms with van der Waals surface area (Å²) >= 11 is 0. The molecule has 8 aromatic carbocycles. The highest BCUT2D eigenvalue weighted by Gasteiger charge is 2.58. The zero-order valence-corrected chi connectivity index (χ0v) is 88.8. The fraction of sp³-hybridized carbons (Fsp3) is 0.407. The molecule has 29 heteroatoms. The van der Waals surface area contributed by atoms with Crippen molar-refractivity contribution in [2.75, 3.05) is 0 Å². The highest BCUT2D eigenvalue weighted by Crippen LogP contribution is 2.37. The van der Waals surface area contributed by atoms with Crippen molar-refractivity contribution >= 4 is 187 Å². The minimum absolute atomic E-state index is 0.871. The number of hydrogen-bond donors (Lipinski definition) is 0. The normalized spacial score (nSPS) is 14.4. The second-order valence-electron chi connectivity index (χ2n) is 36.5. The molecule has 0 bridgehead atoms. The fourth-order valence-corrected chi connectivity index (χ4v) is 92.0. The predicted molar refractivity (Wildman–Crippen MR) is 509 cm³/mol. The molecule has 0 amide bonds. The zero-order valence-electron chi connectivity index (χ0n) is 71.4. The van der Waals surface area contributed by atoms with Crippen molar-refractivity contribution in [3.8, 4) is 0 Å². The zero-order chi connectivity index (χ0) is 80.8. The van der Waals surface area contributed by atoms with Gasteiger partial charge in [0.15, 0.2) is 102 Å². The van der Waals surface area contributed by atoms with Crippen molar-refractivity contribution in [1.82, 2.24) is 0 Å². The van der Waals surface area contributed by atoms with E-state index in [4.69, 9.17) is 49.4 Å². The van der Waals surface area contributed by atoms with E-state index in [0.29, 0.717) is 0 Å². The van der Waals surface area contributed by atoms with E-state index >= 15 is 0 Å². The molecule has 0 saturated carbocycles. The van der Waals surface area contributed by atoms with Crippen LogP contribution in [-0.2, 0) is 49.4 Å². The molecule has 0 aliphatic carbocycles. The molecule has 0 aromatic heterocycles. The van der Waals surface area contributed by atoms with Crippen LogP contribution in [0.25, 0.3) is 0 Å². The molecule has 0 fully saturated rings. The SMILES string of the molecule is C[SiH](C)O[Si](O[SiH](C)C)(O[Si](C)(C)CC[Si](C)(C)O[Si](O[Si](C)(C)CC[Si](C)(C)O[Si](O[Si](C)(C)CC[Si](C)(C)O[Si](O[Si](C)(C)CC[Si](C)(C)O[Si](O[SiH](C)C)(O[Si](C)(C)C)c1ccccc1)(c1ccccc1)c1ccccc1)(c1ccccc1)c1ccccc1)(c1ccccc1)c1ccccc1)c1ccccc1. The molecule has 8 rings (SSSR count). The molecule has 8 aromatic rings. The van der Waals surface area contributed by atoms with E-state index in [9.17, 15) is 0 Å². The van der Waals surface area contributed by atoms with E-state index in [1.54, 1.807) is 0 Å². The van der Waals surface area contributed by atoms with Gasteiger partial charge in [-0.3, -0.25) is 0 Å². The van der Waals surface area contributed by atoms with Gasteiger partial charge in [0.05, 0.1) is 0 Å². The molecule has 0 spiro atoms. The number of hydrogen-bond acceptors (Lipinski definition) is 12. The first-order valence-corrected chi connectivity index (χ1v) is 85.6. The molecule has 0 aliphatic heterocycles. The van der Waals surface area contributed by atoms with Gasteiger partial charge in [-0.05, 0) is 243 Å². The van der Waals surface area contributed by atoms with Crippen LogP contribution in [0.2, 0.25) is 212 Å². The highest BCUT2D eigenvalue weighted by molar-refractivity contribution is 7.06. The van der Waals surface area contributed by atoms with Gasteiger partial charge < -0.3 is 49.4 Å². The van der Waals surface area contributed by atoms with E-state index in [2.05, 4.69) is 406 Å². The van der Waals surface area contributed by atoms with Crippen LogP contribution < -0.4 is 41.5 Å². The second-order valence-corrected chi connectivity index (χ2v) is 99.9. The van der Waals surface area contributed by atoms with Gasteiger partial charge in [-0.15, -0.1) is 0 Å². The third-order valence-electron chi connectivity index (χ3n) is 19.4. The maximum Gasteiger partial charge on any atom is 0.505 e. The Morgan fingerprint density at radius 3 is 0.500 bits per heavy atom. The summed E-state index contributed by atoms with van der Waals surface area (Å²) in [4.78, 5) is 0. The Morgan fingerprint density at radius 1 is 0.182 bits per heavy atom. The van der Waals surface area contributed by atoms with Gasteiger partial charge in [-0.25, -0.2) is 0 Å². The Morgan fingerprint density at radius 2 is 0.327 bits per heavy atom. The minimum Gasteiger partial charge on any atom is -0.430 e. The Bertz CT molecular complexity index is 3940. The Labute approximate surface area is 684 Å². The lowest BCUT2D eigenvalue weighted by Crippen LogP contribution is -2.71. The lowest BCUT2D eigenvalue weighted by Gasteiger charge is -2.46. The Balaban J connectivity index is 1.08. The molecule has 0 heterocycles. The predicted octanol–water partition coefficient (Wildman–Crippen LogP) is 17.1. The van der Waals surface area contributed by atoms with Gasteiger partial charge in [0.25, 0.3) is 0 Å². The van der Waals surface area contributed by atoms with Crippen molar-refractivity contribution in [2.45, 2.75) is 212 Å². The van der Waals surface area contributed by atoms with Gasteiger partial charge in [0.2, 0.25) is 0 Å². The summed E-state index contributed by atoms with van der Waals surface area (Å²) in [6.07, 6.45) is 0. The molecule has 110 heavy (non-hydrogen) atoms. The molecule has 0 N–H and O–H groups in total. The largest absolute Gasteiger partial charge is 0.505 e. The van der Waals surface area contributed by atoms with Crippen LogP contribution in [0.4, 0.5) is 0 Å². The molecular weight excluding hydrogens is 1640 g/mol. The topological polar surface area (TPSA) is 111 Å². The van der Waals surface area contributed by atoms with Crippen LogP contribution in [0.1, 0.15) is 0 Å². The van der Waals surface area contributed by atoms with Crippen LogP contribution in [0.3, 0.4) is 0 Å². The van der Waals surface area contributed by atoms with E-state index in [0.717, 1.165) is 89.8 Å². The van der Waals surface area contributed by atoms with Crippen molar-refractivity contribution in [1.29, 1.82) is 0 Å². The molecule has 598 valence electrons. The van der Waals surface area contributed by atoms with Gasteiger partial charge in [-0.1, -0.05) is 243 Å². The third-order valence-corrected chi connectivity index (χ3v) is 81.4. The molecule has 0 aliphatic rings. The summed E-state index contributed by atoms with van der Waals surface area (Å²) in [5.41, 5.74) is 0. The highest BCUT2D eigenvalue weighted by atomic mass is 28.5. The third kappa shape index (κ3) is 26.7. The maximum absolute atomic E-state index is 8.28. The Hall–Kier alpha value is -3.03. The van der Waals surface area contributed by atoms with Gasteiger partial charge in [-0.2, -0.15) is 0 Å². The summed E-state index contributed by atoms with van der Waals surface area (Å²) in [7, 11) is -44.9. The molecule has 12 nitrogen and oxygen atoms in total. The fourth-order valence-electron chi connectivity index (χ4n) is 14.2. The first kappa shape index (κ1) is 92.5. The lowest BCUT2D eigenvalue weighted by molar-refractivity contribution is 0.276. The number of rotatable bonds is 44. The van der Waals surface area contributed by atoms with Crippen molar-refractivity contribution in [3.63, 3.8) is 0 Å². The molecular formula is C81H134O12Si17. The maximum atomic E-state index is 8.28. The van der Waals surface area contributed by atoms with Crippen LogP contribution in [0.15, 0.2) is 243 Å². The van der Waals surface area contributed by atoms with Gasteiger partial charge in [0, 0.05) is 10.4 Å². The lowest BCUT2D eigenvalue weighted by atomic mass is 10.4. The second kappa shape index (κ2) is 38.6. The summed E-state index contributed by atoms with van der Waals surface area (Å²) in [6, 6.07) is 93.9. The van der Waals surface area contributed by atoms with Crippen LogP contribution in [0, 0.1) is 0 Å². The van der Waals surface area contributed by atoms with Gasteiger partial charge in [0.1, 0.15) is 0 Å². The van der Waals surface area contributed by atoms with Crippen LogP contribution in [0.5, 0.6) is 0 Å². The molecule has 0 radical (unpaired) electrons. The van der Waals surface area contributed by atoms with Crippen LogP contribution in [-0.4, -0.2) is 145 Å². The monoisotopic (exact) mass is 1770 g/mol. The van der Waals surface area contributed by atoms with E-state index < -0.39 is 145 Å². The molecule has 0 saturated heterocycles. The number of benzene rings is 8. The summed E-state index contributed by atoms with van der Waals surface area (Å²) in [6.45, 7) is 58.6. The quantitative estimate of drug-likeness (QED) is 0.0339. The van der Waals surface area contributed by atoms with Crippen molar-refractivity contribution in [3.05, 3.63) is 243 Å². The van der Waals surface area contributed by atoms with E-state index in [-0.39, 0.29) is 0 Å². The first-order chi connectivity index (χ1) is 51.3. The first-order valence-electron chi connectivity index (χ1n) is 40.1. The smallest absolute Gasteiger partial charge is 0.430 e. The van der Waals surface area contributed by atoms with E-state index in [1.165, 1.54) is 0 Å². The van der Waals surface area contributed by atoms with Crippen molar-refractivity contribution < 1.29 is 49.4 Å². The summed E-state index contributed by atoms with van der Waals surface area (Å²) < 4.78 is 92.9. The average Bonchev–Trinajstić information content (AvgIpc) is 0.685. The minimum atomic E-state index is -3.52. The summed E-state index contributed by atoms with van der Waals surface area (Å²) in [5.74, 6) is 0. The standard InChI is InChI=1S/C81H134O12Si17/c1-94(2)82-109(83-95(3)4,80-62-46-32-47-63-80)92-104(22,23)72-70-102(18,19)90-107(76-54-38-28-39-55-76,77-56-40-29-41-57-77)88-100(14,15)68-66-98(10,11)86-106(74-50-34-26-35-51-74,75-52-36-27-37-53-75)87-99(12,13)67-69-101(16,17)89-108(78-58-42-30-43-59-78,79-60-44-31-45-61-79)91-103(20,21)71-73-105(24,25)93-110(84-96(5)6,85-97(7,8)9)81-64-48-33-49-65-81/h26-65,94-96H,66-73H2,1-25H3. The molecule has 1 unspecified atom stereocenters. The summed E-state index contributed by atoms with van der Waals surface area (Å²) in [5, 5.41) is 8.91. The average molecular weight is 1780 g/mol. The van der Waals surface area contributed by atoms with Gasteiger partial charge >= 0.3 is 43.3 Å². The van der Waals surface area contributed by atoms with E-state index in [1.807, 2.05) is 0 Å². The van der Waals surface area contributed by atoms with Crippen LogP contribution >= 0.6 is 0 Å².